The summed E-state index contributed by atoms with van der Waals surface area (Å²) in [4.78, 5) is 24.7. The van der Waals surface area contributed by atoms with Crippen LogP contribution in [0.5, 0.6) is 0 Å². The molecule has 104 valence electrons. The number of carbonyl (C=O) groups excluding carboxylic acids is 2. The van der Waals surface area contributed by atoms with Crippen LogP contribution in [0.4, 0.5) is 5.00 Å². The molecule has 2 rings (SSSR count). The molecule has 1 aromatic heterocycles. The summed E-state index contributed by atoms with van der Waals surface area (Å²) in [5, 5.41) is 3.41. The summed E-state index contributed by atoms with van der Waals surface area (Å²) in [6.07, 6.45) is 3.96. The molecule has 1 amide bonds. The molecular weight excluding hydrogens is 262 g/mol. The van der Waals surface area contributed by atoms with Crippen LogP contribution >= 0.6 is 11.3 Å². The maximum atomic E-state index is 12.2. The molecule has 1 aliphatic rings. The van der Waals surface area contributed by atoms with Crippen LogP contribution in [0.3, 0.4) is 0 Å². The van der Waals surface area contributed by atoms with E-state index in [2.05, 4.69) is 5.32 Å². The highest BCUT2D eigenvalue weighted by Gasteiger charge is 2.27. The number of carbonyl (C=O) groups is 2. The SMILES string of the molecule is CC(=O)Nc1sc2c(c1C(=O)OC(C)C)CCCC2. The zero-order chi connectivity index (χ0) is 14.0. The van der Waals surface area contributed by atoms with Gasteiger partial charge in [-0.1, -0.05) is 0 Å². The van der Waals surface area contributed by atoms with Crippen LogP contribution in [0.1, 0.15) is 54.4 Å². The summed E-state index contributed by atoms with van der Waals surface area (Å²) >= 11 is 1.51. The molecule has 0 atom stereocenters. The summed E-state index contributed by atoms with van der Waals surface area (Å²) in [5.41, 5.74) is 1.65. The van der Waals surface area contributed by atoms with Crippen molar-refractivity contribution in [3.8, 4) is 0 Å². The lowest BCUT2D eigenvalue weighted by Gasteiger charge is -2.13. The van der Waals surface area contributed by atoms with Crippen molar-refractivity contribution in [1.82, 2.24) is 0 Å². The molecule has 0 aromatic carbocycles. The lowest BCUT2D eigenvalue weighted by atomic mass is 9.95. The Morgan fingerprint density at radius 3 is 2.58 bits per heavy atom. The van der Waals surface area contributed by atoms with E-state index in [4.69, 9.17) is 4.74 Å². The number of ether oxygens (including phenoxy) is 1. The van der Waals surface area contributed by atoms with E-state index in [0.29, 0.717) is 10.6 Å². The summed E-state index contributed by atoms with van der Waals surface area (Å²) in [7, 11) is 0. The van der Waals surface area contributed by atoms with Crippen molar-refractivity contribution >= 4 is 28.2 Å². The Balaban J connectivity index is 2.39. The molecule has 0 saturated heterocycles. The maximum absolute atomic E-state index is 12.2. The van der Waals surface area contributed by atoms with Gasteiger partial charge in [0.05, 0.1) is 11.7 Å². The number of anilines is 1. The van der Waals surface area contributed by atoms with Crippen LogP contribution in [-0.2, 0) is 22.4 Å². The second kappa shape index (κ2) is 5.74. The van der Waals surface area contributed by atoms with Gasteiger partial charge in [0.2, 0.25) is 5.91 Å². The van der Waals surface area contributed by atoms with Gasteiger partial charge in [-0.3, -0.25) is 4.79 Å². The van der Waals surface area contributed by atoms with E-state index < -0.39 is 0 Å². The Hall–Kier alpha value is -1.36. The number of nitrogens with one attached hydrogen (secondary N) is 1. The normalized spacial score (nSPS) is 14.1. The largest absolute Gasteiger partial charge is 0.459 e. The van der Waals surface area contributed by atoms with Crippen molar-refractivity contribution in [1.29, 1.82) is 0 Å². The third kappa shape index (κ3) is 3.15. The Morgan fingerprint density at radius 2 is 1.95 bits per heavy atom. The number of hydrogen-bond acceptors (Lipinski definition) is 4. The van der Waals surface area contributed by atoms with Gasteiger partial charge in [-0.25, -0.2) is 4.79 Å². The van der Waals surface area contributed by atoms with Crippen molar-refractivity contribution in [3.05, 3.63) is 16.0 Å². The van der Waals surface area contributed by atoms with Crippen LogP contribution < -0.4 is 5.32 Å². The van der Waals surface area contributed by atoms with E-state index in [1.54, 1.807) is 0 Å². The zero-order valence-electron chi connectivity index (χ0n) is 11.5. The molecular formula is C14H19NO3S. The summed E-state index contributed by atoms with van der Waals surface area (Å²) < 4.78 is 5.30. The average Bonchev–Trinajstić information content (AvgIpc) is 2.64. The molecule has 1 N–H and O–H groups in total. The van der Waals surface area contributed by atoms with Crippen molar-refractivity contribution in [2.24, 2.45) is 0 Å². The fraction of sp³-hybridized carbons (Fsp3) is 0.571. The predicted octanol–water partition coefficient (Wildman–Crippen LogP) is 3.15. The molecule has 0 bridgehead atoms. The molecule has 0 radical (unpaired) electrons. The molecule has 1 aliphatic carbocycles. The fourth-order valence-electron chi connectivity index (χ4n) is 2.30. The van der Waals surface area contributed by atoms with E-state index in [-0.39, 0.29) is 18.0 Å². The van der Waals surface area contributed by atoms with Crippen LogP contribution in [0, 0.1) is 0 Å². The smallest absolute Gasteiger partial charge is 0.341 e. The van der Waals surface area contributed by atoms with E-state index in [9.17, 15) is 9.59 Å². The van der Waals surface area contributed by atoms with Gasteiger partial charge in [0.15, 0.2) is 0 Å². The standard InChI is InChI=1S/C14H19NO3S/c1-8(2)18-14(17)12-10-6-4-5-7-11(10)19-13(12)15-9(3)16/h8H,4-7H2,1-3H3,(H,15,16). The van der Waals surface area contributed by atoms with Crippen molar-refractivity contribution in [2.75, 3.05) is 5.32 Å². The number of fused-ring (bicyclic) bond motifs is 1. The van der Waals surface area contributed by atoms with E-state index >= 15 is 0 Å². The highest BCUT2D eigenvalue weighted by atomic mass is 32.1. The van der Waals surface area contributed by atoms with E-state index in [1.807, 2.05) is 13.8 Å². The Bertz CT molecular complexity index is 505. The summed E-state index contributed by atoms with van der Waals surface area (Å²) in [5.74, 6) is -0.477. The van der Waals surface area contributed by atoms with Gasteiger partial charge in [-0.2, -0.15) is 0 Å². The van der Waals surface area contributed by atoms with Crippen LogP contribution in [-0.4, -0.2) is 18.0 Å². The third-order valence-electron chi connectivity index (χ3n) is 3.01. The van der Waals surface area contributed by atoms with Crippen LogP contribution in [0.2, 0.25) is 0 Å². The first kappa shape index (κ1) is 14.1. The molecule has 4 nitrogen and oxygen atoms in total. The Morgan fingerprint density at radius 1 is 1.26 bits per heavy atom. The van der Waals surface area contributed by atoms with Gasteiger partial charge >= 0.3 is 5.97 Å². The Kier molecular flexibility index (Phi) is 4.24. The maximum Gasteiger partial charge on any atom is 0.341 e. The summed E-state index contributed by atoms with van der Waals surface area (Å²) in [6, 6.07) is 0. The minimum atomic E-state index is -0.321. The van der Waals surface area contributed by atoms with E-state index in [0.717, 1.165) is 31.2 Å². The first-order valence-electron chi connectivity index (χ1n) is 6.62. The zero-order valence-corrected chi connectivity index (χ0v) is 12.4. The van der Waals surface area contributed by atoms with Gasteiger partial charge < -0.3 is 10.1 Å². The molecule has 0 aliphatic heterocycles. The highest BCUT2D eigenvalue weighted by molar-refractivity contribution is 7.17. The first-order valence-corrected chi connectivity index (χ1v) is 7.43. The van der Waals surface area contributed by atoms with Gasteiger partial charge in [0.25, 0.3) is 0 Å². The average molecular weight is 281 g/mol. The summed E-state index contributed by atoms with van der Waals surface area (Å²) in [6.45, 7) is 5.11. The fourth-order valence-corrected chi connectivity index (χ4v) is 3.63. The third-order valence-corrected chi connectivity index (χ3v) is 4.21. The number of rotatable bonds is 3. The van der Waals surface area contributed by atoms with Crippen molar-refractivity contribution in [2.45, 2.75) is 52.6 Å². The minimum absolute atomic E-state index is 0.155. The topological polar surface area (TPSA) is 55.4 Å². The number of hydrogen-bond donors (Lipinski definition) is 1. The molecule has 1 aromatic rings. The lowest BCUT2D eigenvalue weighted by Crippen LogP contribution is -2.16. The molecule has 1 heterocycles. The van der Waals surface area contributed by atoms with E-state index in [1.165, 1.54) is 23.1 Å². The monoisotopic (exact) mass is 281 g/mol. The number of aryl methyl sites for hydroxylation is 1. The molecule has 19 heavy (non-hydrogen) atoms. The molecule has 5 heteroatoms. The minimum Gasteiger partial charge on any atom is -0.459 e. The van der Waals surface area contributed by atoms with Gasteiger partial charge in [0.1, 0.15) is 5.00 Å². The van der Waals surface area contributed by atoms with Gasteiger partial charge in [-0.05, 0) is 45.1 Å². The lowest BCUT2D eigenvalue weighted by molar-refractivity contribution is -0.114. The predicted molar refractivity (Wildman–Crippen MR) is 75.8 cm³/mol. The van der Waals surface area contributed by atoms with Crippen molar-refractivity contribution < 1.29 is 14.3 Å². The molecule has 0 fully saturated rings. The number of esters is 1. The molecule has 0 spiro atoms. The van der Waals surface area contributed by atoms with Crippen molar-refractivity contribution in [3.63, 3.8) is 0 Å². The first-order chi connectivity index (χ1) is 8.99. The second-order valence-corrected chi connectivity index (χ2v) is 6.16. The molecule has 0 saturated carbocycles. The number of amides is 1. The van der Waals surface area contributed by atoms with Gasteiger partial charge in [0, 0.05) is 11.8 Å². The Labute approximate surface area is 117 Å². The molecule has 0 unspecified atom stereocenters. The van der Waals surface area contributed by atoms with Gasteiger partial charge in [-0.15, -0.1) is 11.3 Å². The van der Waals surface area contributed by atoms with Crippen LogP contribution in [0.25, 0.3) is 0 Å². The second-order valence-electron chi connectivity index (χ2n) is 5.05. The van der Waals surface area contributed by atoms with Crippen LogP contribution in [0.15, 0.2) is 0 Å². The number of thiophene rings is 1. The highest BCUT2D eigenvalue weighted by Crippen LogP contribution is 2.38. The quantitative estimate of drug-likeness (QED) is 0.866.